The van der Waals surface area contributed by atoms with Gasteiger partial charge in [0.15, 0.2) is 0 Å². The average Bonchev–Trinajstić information content (AvgIpc) is 2.85. The maximum Gasteiger partial charge on any atom is 0.241 e. The Bertz CT molecular complexity index is 744. The maximum absolute atomic E-state index is 12.4. The molecule has 0 aliphatic carbocycles. The van der Waals surface area contributed by atoms with Crippen LogP contribution < -0.4 is 10.5 Å². The van der Waals surface area contributed by atoms with Crippen molar-refractivity contribution in [1.29, 1.82) is 0 Å². The molecule has 8 heteroatoms. The third-order valence-corrected chi connectivity index (χ3v) is 5.94. The summed E-state index contributed by atoms with van der Waals surface area (Å²) in [4.78, 5) is 4.43. The predicted molar refractivity (Wildman–Crippen MR) is 84.9 cm³/mol. The Morgan fingerprint density at radius 1 is 1.48 bits per heavy atom. The summed E-state index contributed by atoms with van der Waals surface area (Å²) >= 11 is 7.37. The summed E-state index contributed by atoms with van der Waals surface area (Å²) in [5.41, 5.74) is 7.02. The Kier molecular flexibility index (Phi) is 5.00. The lowest BCUT2D eigenvalue weighted by Crippen LogP contribution is -2.27. The first-order valence-corrected chi connectivity index (χ1v) is 9.00. The van der Waals surface area contributed by atoms with E-state index in [-0.39, 0.29) is 11.4 Å². The van der Waals surface area contributed by atoms with Crippen molar-refractivity contribution >= 4 is 33.0 Å². The van der Waals surface area contributed by atoms with Crippen LogP contribution in [0.4, 0.5) is 0 Å². The highest BCUT2D eigenvalue weighted by Crippen LogP contribution is 2.23. The molecule has 1 atom stereocenters. The smallest absolute Gasteiger partial charge is 0.241 e. The number of nitrogens with one attached hydrogen (secondary N) is 1. The van der Waals surface area contributed by atoms with Crippen LogP contribution in [0.5, 0.6) is 0 Å². The normalized spacial score (nSPS) is 13.3. The van der Waals surface area contributed by atoms with Gasteiger partial charge in [-0.15, -0.1) is 11.3 Å². The Labute approximate surface area is 133 Å². The zero-order chi connectivity index (χ0) is 15.6. The van der Waals surface area contributed by atoms with Gasteiger partial charge in [-0.2, -0.15) is 0 Å². The molecule has 1 heterocycles. The highest BCUT2D eigenvalue weighted by molar-refractivity contribution is 7.89. The molecule has 0 bridgehead atoms. The van der Waals surface area contributed by atoms with E-state index in [0.717, 1.165) is 10.7 Å². The van der Waals surface area contributed by atoms with E-state index in [4.69, 9.17) is 17.3 Å². The Balaban J connectivity index is 2.26. The molecule has 0 aliphatic heterocycles. The summed E-state index contributed by atoms with van der Waals surface area (Å²) in [6.07, 6.45) is 0. The molecule has 3 N–H and O–H groups in total. The zero-order valence-electron chi connectivity index (χ0n) is 11.6. The highest BCUT2D eigenvalue weighted by Gasteiger charge is 2.20. The predicted octanol–water partition coefficient (Wildman–Crippen LogP) is 2.60. The molecule has 0 amide bonds. The molecule has 1 unspecified atom stereocenters. The van der Waals surface area contributed by atoms with Gasteiger partial charge in [-0.25, -0.2) is 18.1 Å². The number of thiazole rings is 1. The Hall–Kier alpha value is -0.990. The maximum atomic E-state index is 12.4. The monoisotopic (exact) mass is 345 g/mol. The van der Waals surface area contributed by atoms with Crippen LogP contribution in [0, 0.1) is 6.92 Å². The molecule has 5 nitrogen and oxygen atoms in total. The van der Waals surface area contributed by atoms with Crippen LogP contribution >= 0.6 is 22.9 Å². The molecule has 0 saturated heterocycles. The van der Waals surface area contributed by atoms with E-state index in [2.05, 4.69) is 9.71 Å². The Morgan fingerprint density at radius 3 is 2.76 bits per heavy atom. The molecule has 2 rings (SSSR count). The van der Waals surface area contributed by atoms with E-state index >= 15 is 0 Å². The number of rotatable bonds is 5. The van der Waals surface area contributed by atoms with Gasteiger partial charge in [-0.1, -0.05) is 11.6 Å². The number of aromatic nitrogens is 1. The molecule has 1 aromatic heterocycles. The molecule has 0 fully saturated rings. The van der Waals surface area contributed by atoms with Gasteiger partial charge in [0.05, 0.1) is 10.9 Å². The third kappa shape index (κ3) is 3.81. The SMILES string of the molecule is Cc1csc(C(C)NS(=O)(=O)c2ccc(Cl)c(CN)c2)n1. The standard InChI is InChI=1S/C13H16ClN3O2S2/c1-8-7-20-13(16-8)9(2)17-21(18,19)11-3-4-12(14)10(5-11)6-15/h3-5,7,9,17H,6,15H2,1-2H3. The van der Waals surface area contributed by atoms with Crippen LogP contribution in [0.2, 0.25) is 5.02 Å². The number of hydrogen-bond acceptors (Lipinski definition) is 5. The fourth-order valence-electron chi connectivity index (χ4n) is 1.80. The van der Waals surface area contributed by atoms with E-state index in [0.29, 0.717) is 10.6 Å². The summed E-state index contributed by atoms with van der Waals surface area (Å²) in [6, 6.07) is 4.09. The van der Waals surface area contributed by atoms with Gasteiger partial charge in [0.2, 0.25) is 10.0 Å². The highest BCUT2D eigenvalue weighted by atomic mass is 35.5. The first-order valence-electron chi connectivity index (χ1n) is 6.26. The molecular formula is C13H16ClN3O2S2. The second kappa shape index (κ2) is 6.41. The van der Waals surface area contributed by atoms with E-state index < -0.39 is 16.1 Å². The van der Waals surface area contributed by atoms with E-state index in [1.165, 1.54) is 29.5 Å². The molecule has 0 radical (unpaired) electrons. The topological polar surface area (TPSA) is 85.1 Å². The second-order valence-electron chi connectivity index (χ2n) is 4.63. The van der Waals surface area contributed by atoms with Crippen LogP contribution in [0.15, 0.2) is 28.5 Å². The first-order chi connectivity index (χ1) is 9.83. The van der Waals surface area contributed by atoms with Gasteiger partial charge in [0, 0.05) is 22.6 Å². The summed E-state index contributed by atoms with van der Waals surface area (Å²) in [5, 5.41) is 3.07. The lowest BCUT2D eigenvalue weighted by molar-refractivity contribution is 0.566. The largest absolute Gasteiger partial charge is 0.326 e. The van der Waals surface area contributed by atoms with Crippen molar-refractivity contribution in [2.45, 2.75) is 31.3 Å². The molecule has 114 valence electrons. The number of sulfonamides is 1. The van der Waals surface area contributed by atoms with Crippen molar-refractivity contribution < 1.29 is 8.42 Å². The first kappa shape index (κ1) is 16.4. The van der Waals surface area contributed by atoms with Gasteiger partial charge in [-0.3, -0.25) is 0 Å². The van der Waals surface area contributed by atoms with Crippen molar-refractivity contribution in [3.63, 3.8) is 0 Å². The van der Waals surface area contributed by atoms with Crippen LogP contribution in [0.1, 0.15) is 29.2 Å². The van der Waals surface area contributed by atoms with Gasteiger partial charge in [0.25, 0.3) is 0 Å². The molecule has 0 saturated carbocycles. The van der Waals surface area contributed by atoms with Crippen LogP contribution in [-0.2, 0) is 16.6 Å². The van der Waals surface area contributed by atoms with Crippen molar-refractivity contribution in [2.24, 2.45) is 5.73 Å². The summed E-state index contributed by atoms with van der Waals surface area (Å²) in [6.45, 7) is 3.81. The summed E-state index contributed by atoms with van der Waals surface area (Å²) < 4.78 is 27.4. The molecule has 0 aliphatic rings. The van der Waals surface area contributed by atoms with Crippen LogP contribution in [0.3, 0.4) is 0 Å². The van der Waals surface area contributed by atoms with Gasteiger partial charge in [-0.05, 0) is 37.6 Å². The van der Waals surface area contributed by atoms with Crippen molar-refractivity contribution in [3.8, 4) is 0 Å². The van der Waals surface area contributed by atoms with Crippen molar-refractivity contribution in [3.05, 3.63) is 44.9 Å². The molecule has 21 heavy (non-hydrogen) atoms. The van der Waals surface area contributed by atoms with Gasteiger partial charge in [0.1, 0.15) is 5.01 Å². The number of hydrogen-bond donors (Lipinski definition) is 2. The summed E-state index contributed by atoms with van der Waals surface area (Å²) in [5.74, 6) is 0. The number of nitrogens with two attached hydrogens (primary N) is 1. The molecule has 0 spiro atoms. The van der Waals surface area contributed by atoms with E-state index in [9.17, 15) is 8.42 Å². The zero-order valence-corrected chi connectivity index (χ0v) is 14.0. The summed E-state index contributed by atoms with van der Waals surface area (Å²) in [7, 11) is -3.65. The molecule has 2 aromatic rings. The second-order valence-corrected chi connectivity index (χ2v) is 7.64. The lowest BCUT2D eigenvalue weighted by atomic mass is 10.2. The molecule has 1 aromatic carbocycles. The average molecular weight is 346 g/mol. The van der Waals surface area contributed by atoms with Crippen molar-refractivity contribution in [2.75, 3.05) is 0 Å². The fraction of sp³-hybridized carbons (Fsp3) is 0.308. The minimum Gasteiger partial charge on any atom is -0.326 e. The number of nitrogens with zero attached hydrogens (tertiary/aromatic N) is 1. The fourth-order valence-corrected chi connectivity index (χ4v) is 4.13. The van der Waals surface area contributed by atoms with Crippen LogP contribution in [0.25, 0.3) is 0 Å². The number of aryl methyl sites for hydroxylation is 1. The van der Waals surface area contributed by atoms with E-state index in [1.54, 1.807) is 6.92 Å². The van der Waals surface area contributed by atoms with Gasteiger partial charge >= 0.3 is 0 Å². The number of halogens is 1. The van der Waals surface area contributed by atoms with Gasteiger partial charge < -0.3 is 5.73 Å². The molecular weight excluding hydrogens is 330 g/mol. The minimum absolute atomic E-state index is 0.146. The lowest BCUT2D eigenvalue weighted by Gasteiger charge is -2.13. The van der Waals surface area contributed by atoms with E-state index in [1.807, 2.05) is 12.3 Å². The Morgan fingerprint density at radius 2 is 2.19 bits per heavy atom. The van der Waals surface area contributed by atoms with Crippen LogP contribution in [-0.4, -0.2) is 13.4 Å². The quantitative estimate of drug-likeness (QED) is 0.872. The number of benzene rings is 1. The minimum atomic E-state index is -3.65. The van der Waals surface area contributed by atoms with Crippen molar-refractivity contribution in [1.82, 2.24) is 9.71 Å². The third-order valence-electron chi connectivity index (χ3n) is 2.89.